The number of phenolic OH excluding ortho intramolecular Hbond substituents is 1. The lowest BCUT2D eigenvalue weighted by atomic mass is 10.2. The molecule has 1 aromatic carbocycles. The summed E-state index contributed by atoms with van der Waals surface area (Å²) in [7, 11) is 0. The van der Waals surface area contributed by atoms with Gasteiger partial charge in [-0.1, -0.05) is 0 Å². The van der Waals surface area contributed by atoms with Crippen molar-refractivity contribution >= 4 is 27.2 Å². The summed E-state index contributed by atoms with van der Waals surface area (Å²) in [5.74, 6) is -0.908. The maximum Gasteiger partial charge on any atom is 0.216 e. The number of tetrazole rings is 1. The van der Waals surface area contributed by atoms with Gasteiger partial charge in [-0.25, -0.2) is 4.39 Å². The van der Waals surface area contributed by atoms with E-state index in [0.717, 1.165) is 0 Å². The topological polar surface area (TPSA) is 111 Å². The molecule has 0 aliphatic carbocycles. The van der Waals surface area contributed by atoms with Gasteiger partial charge in [-0.2, -0.15) is 10.5 Å². The summed E-state index contributed by atoms with van der Waals surface area (Å²) in [5.41, 5.74) is -0.127. The smallest absolute Gasteiger partial charge is 0.216 e. The molecule has 3 N–H and O–H groups in total. The fourth-order valence-electron chi connectivity index (χ4n) is 1.24. The standard InChI is InChI=1S/C10H6BrFN6O/c11-6-1-2-7(19)9(8(6)12)14-4-5(3-13)10-15-17-18-16-10/h1-2,4,14,19H,(H,15,16,17,18). The molecule has 19 heavy (non-hydrogen) atoms. The molecule has 0 aliphatic rings. The molecule has 96 valence electrons. The average molecular weight is 325 g/mol. The Morgan fingerprint density at radius 3 is 3.00 bits per heavy atom. The highest BCUT2D eigenvalue weighted by molar-refractivity contribution is 9.10. The van der Waals surface area contributed by atoms with E-state index in [0.29, 0.717) is 0 Å². The molecule has 0 saturated heterocycles. The van der Waals surface area contributed by atoms with E-state index in [9.17, 15) is 9.50 Å². The number of halogens is 2. The minimum Gasteiger partial charge on any atom is -0.506 e. The van der Waals surface area contributed by atoms with Gasteiger partial charge in [0.2, 0.25) is 5.82 Å². The monoisotopic (exact) mass is 324 g/mol. The third kappa shape index (κ3) is 2.69. The fourth-order valence-corrected chi connectivity index (χ4v) is 1.58. The van der Waals surface area contributed by atoms with Crippen molar-refractivity contribution in [3.05, 3.63) is 34.4 Å². The van der Waals surface area contributed by atoms with Crippen LogP contribution in [0.5, 0.6) is 5.75 Å². The summed E-state index contributed by atoms with van der Waals surface area (Å²) in [5, 5.41) is 33.7. The van der Waals surface area contributed by atoms with Crippen molar-refractivity contribution in [2.24, 2.45) is 0 Å². The molecule has 1 heterocycles. The van der Waals surface area contributed by atoms with E-state index < -0.39 is 5.82 Å². The maximum absolute atomic E-state index is 13.7. The largest absolute Gasteiger partial charge is 0.506 e. The number of aromatic hydroxyl groups is 1. The number of nitrogens with one attached hydrogen (secondary N) is 2. The van der Waals surface area contributed by atoms with Gasteiger partial charge in [0.1, 0.15) is 23.1 Å². The Bertz CT molecular complexity index is 663. The lowest BCUT2D eigenvalue weighted by Gasteiger charge is -2.07. The number of aromatic amines is 1. The number of anilines is 1. The average Bonchev–Trinajstić information content (AvgIpc) is 2.92. The molecule has 0 bridgehead atoms. The quantitative estimate of drug-likeness (QED) is 0.586. The Kier molecular flexibility index (Phi) is 3.72. The van der Waals surface area contributed by atoms with E-state index in [4.69, 9.17) is 5.26 Å². The summed E-state index contributed by atoms with van der Waals surface area (Å²) in [6.07, 6.45) is 1.18. The first-order valence-electron chi connectivity index (χ1n) is 4.91. The predicted octanol–water partition coefficient (Wildman–Crippen LogP) is 1.78. The number of hydrogen-bond donors (Lipinski definition) is 3. The van der Waals surface area contributed by atoms with E-state index in [-0.39, 0.29) is 27.3 Å². The van der Waals surface area contributed by atoms with Crippen LogP contribution in [0.2, 0.25) is 0 Å². The normalized spacial score (nSPS) is 11.1. The van der Waals surface area contributed by atoms with Gasteiger partial charge in [0, 0.05) is 6.20 Å². The molecule has 0 amide bonds. The second-order valence-corrected chi connectivity index (χ2v) is 4.16. The third-order valence-electron chi connectivity index (χ3n) is 2.14. The number of phenols is 1. The van der Waals surface area contributed by atoms with Crippen LogP contribution in [0.3, 0.4) is 0 Å². The van der Waals surface area contributed by atoms with Crippen LogP contribution in [0.4, 0.5) is 10.1 Å². The maximum atomic E-state index is 13.7. The van der Waals surface area contributed by atoms with E-state index in [2.05, 4.69) is 41.9 Å². The number of H-pyrrole nitrogens is 1. The molecule has 0 atom stereocenters. The number of hydrogen-bond acceptors (Lipinski definition) is 6. The van der Waals surface area contributed by atoms with Gasteiger partial charge >= 0.3 is 0 Å². The van der Waals surface area contributed by atoms with E-state index >= 15 is 0 Å². The van der Waals surface area contributed by atoms with Crippen LogP contribution < -0.4 is 5.32 Å². The van der Waals surface area contributed by atoms with Gasteiger partial charge in [-0.3, -0.25) is 0 Å². The Labute approximate surface area is 114 Å². The lowest BCUT2D eigenvalue weighted by Crippen LogP contribution is -1.96. The van der Waals surface area contributed by atoms with Crippen molar-refractivity contribution in [3.63, 3.8) is 0 Å². The number of aromatic nitrogens is 4. The fraction of sp³-hybridized carbons (Fsp3) is 0. The highest BCUT2D eigenvalue weighted by atomic mass is 79.9. The second-order valence-electron chi connectivity index (χ2n) is 3.31. The molecule has 0 radical (unpaired) electrons. The SMILES string of the molecule is N#CC(=CNc1c(O)ccc(Br)c1F)c1nn[nH]n1. The van der Waals surface area contributed by atoms with Gasteiger partial charge < -0.3 is 10.4 Å². The van der Waals surface area contributed by atoms with Crippen LogP contribution in [0.15, 0.2) is 22.8 Å². The molecular weight excluding hydrogens is 319 g/mol. The lowest BCUT2D eigenvalue weighted by molar-refractivity contribution is 0.472. The van der Waals surface area contributed by atoms with Crippen molar-refractivity contribution in [2.45, 2.75) is 0 Å². The van der Waals surface area contributed by atoms with Gasteiger partial charge in [0.15, 0.2) is 5.82 Å². The summed E-state index contributed by atoms with van der Waals surface area (Å²) < 4.78 is 13.9. The number of nitriles is 1. The van der Waals surface area contributed by atoms with Gasteiger partial charge in [0.05, 0.1) is 4.47 Å². The zero-order valence-electron chi connectivity index (χ0n) is 9.22. The molecule has 2 rings (SSSR count). The molecule has 7 nitrogen and oxygen atoms in total. The number of allylic oxidation sites excluding steroid dienone is 1. The van der Waals surface area contributed by atoms with Crippen molar-refractivity contribution in [1.82, 2.24) is 20.6 Å². The number of nitrogens with zero attached hydrogens (tertiary/aromatic N) is 4. The Morgan fingerprint density at radius 2 is 2.37 bits per heavy atom. The third-order valence-corrected chi connectivity index (χ3v) is 2.75. The molecule has 1 aromatic heterocycles. The highest BCUT2D eigenvalue weighted by Gasteiger charge is 2.12. The first-order chi connectivity index (χ1) is 9.13. The molecular formula is C10H6BrFN6O. The van der Waals surface area contributed by atoms with Crippen LogP contribution >= 0.6 is 15.9 Å². The first kappa shape index (κ1) is 13.0. The molecule has 9 heteroatoms. The van der Waals surface area contributed by atoms with Crippen molar-refractivity contribution < 1.29 is 9.50 Å². The van der Waals surface area contributed by atoms with Gasteiger partial charge in [-0.15, -0.1) is 10.2 Å². The Balaban J connectivity index is 2.32. The van der Waals surface area contributed by atoms with Crippen molar-refractivity contribution in [2.75, 3.05) is 5.32 Å². The van der Waals surface area contributed by atoms with Crippen LogP contribution in [-0.4, -0.2) is 25.7 Å². The highest BCUT2D eigenvalue weighted by Crippen LogP contribution is 2.31. The predicted molar refractivity (Wildman–Crippen MR) is 67.2 cm³/mol. The molecule has 0 spiro atoms. The van der Waals surface area contributed by atoms with Gasteiger partial charge in [-0.05, 0) is 33.3 Å². The van der Waals surface area contributed by atoms with Crippen LogP contribution in [0, 0.1) is 17.1 Å². The summed E-state index contributed by atoms with van der Waals surface area (Å²) >= 11 is 2.99. The Hall–Kier alpha value is -2.47. The molecule has 2 aromatic rings. The molecule has 0 saturated carbocycles. The van der Waals surface area contributed by atoms with Crippen LogP contribution in [0.25, 0.3) is 5.57 Å². The van der Waals surface area contributed by atoms with Gasteiger partial charge in [0.25, 0.3) is 0 Å². The minimum absolute atomic E-state index is 0.0347. The summed E-state index contributed by atoms with van der Waals surface area (Å²) in [6.45, 7) is 0. The zero-order chi connectivity index (χ0) is 13.8. The summed E-state index contributed by atoms with van der Waals surface area (Å²) in [6, 6.07) is 4.50. The van der Waals surface area contributed by atoms with E-state index in [1.807, 2.05) is 6.07 Å². The van der Waals surface area contributed by atoms with E-state index in [1.54, 1.807) is 0 Å². The number of rotatable bonds is 3. The molecule has 0 aliphatic heterocycles. The molecule has 0 unspecified atom stereocenters. The van der Waals surface area contributed by atoms with Crippen molar-refractivity contribution in [3.8, 4) is 11.8 Å². The number of benzene rings is 1. The van der Waals surface area contributed by atoms with Crippen molar-refractivity contribution in [1.29, 1.82) is 5.26 Å². The van der Waals surface area contributed by atoms with E-state index in [1.165, 1.54) is 18.3 Å². The first-order valence-corrected chi connectivity index (χ1v) is 5.70. The minimum atomic E-state index is -0.679. The summed E-state index contributed by atoms with van der Waals surface area (Å²) in [4.78, 5) is 0. The van der Waals surface area contributed by atoms with Crippen LogP contribution in [0.1, 0.15) is 5.82 Å². The zero-order valence-corrected chi connectivity index (χ0v) is 10.8. The van der Waals surface area contributed by atoms with Crippen LogP contribution in [-0.2, 0) is 0 Å². The molecule has 0 fully saturated rings. The second kappa shape index (κ2) is 5.45. The Morgan fingerprint density at radius 1 is 1.58 bits per heavy atom.